The molecule has 0 aliphatic heterocycles. The molecule has 0 amide bonds. The molecule has 1 N–H and O–H groups in total. The predicted molar refractivity (Wildman–Crippen MR) is 75.7 cm³/mol. The van der Waals surface area contributed by atoms with Crippen LogP contribution in [-0.2, 0) is 6.42 Å². The highest BCUT2D eigenvalue weighted by atomic mass is 15.3. The van der Waals surface area contributed by atoms with Gasteiger partial charge in [-0.25, -0.2) is 0 Å². The van der Waals surface area contributed by atoms with E-state index in [-0.39, 0.29) is 0 Å². The van der Waals surface area contributed by atoms with Gasteiger partial charge in [0.25, 0.3) is 0 Å². The van der Waals surface area contributed by atoms with E-state index in [1.165, 1.54) is 31.4 Å². The molecule has 1 aromatic rings. The fourth-order valence-corrected chi connectivity index (χ4v) is 2.95. The number of rotatable bonds is 5. The molecule has 1 aliphatic carbocycles. The third kappa shape index (κ3) is 3.35. The van der Waals surface area contributed by atoms with Gasteiger partial charge in [-0.1, -0.05) is 13.3 Å². The second-order valence-electron chi connectivity index (χ2n) is 5.77. The van der Waals surface area contributed by atoms with Crippen molar-refractivity contribution < 1.29 is 0 Å². The van der Waals surface area contributed by atoms with E-state index in [1.54, 1.807) is 0 Å². The van der Waals surface area contributed by atoms with Gasteiger partial charge in [-0.15, -0.1) is 0 Å². The Morgan fingerprint density at radius 3 is 3.06 bits per heavy atom. The fraction of sp³-hybridized carbons (Fsp3) is 0.800. The monoisotopic (exact) mass is 249 g/mol. The van der Waals surface area contributed by atoms with Crippen molar-refractivity contribution in [2.75, 3.05) is 7.05 Å². The molecule has 3 atom stereocenters. The number of aromatic nitrogens is 2. The highest BCUT2D eigenvalue weighted by molar-refractivity contribution is 5.01. The topological polar surface area (TPSA) is 29.9 Å². The Morgan fingerprint density at radius 1 is 1.50 bits per heavy atom. The van der Waals surface area contributed by atoms with Crippen molar-refractivity contribution in [3.63, 3.8) is 0 Å². The molecule has 1 aliphatic rings. The molecule has 102 valence electrons. The quantitative estimate of drug-likeness (QED) is 0.868. The molecule has 3 nitrogen and oxygen atoms in total. The highest BCUT2D eigenvalue weighted by Crippen LogP contribution is 2.27. The maximum Gasteiger partial charge on any atom is 0.0627 e. The Hall–Kier alpha value is -0.830. The standard InChI is InChI=1S/C15H27N3/c1-4-12(2)18-9-8-15(17-18)11-13-6-5-7-14(10-13)16-3/h8-9,12-14,16H,4-7,10-11H2,1-3H3. The molecule has 0 radical (unpaired) electrons. The summed E-state index contributed by atoms with van der Waals surface area (Å²) in [5.74, 6) is 0.816. The van der Waals surface area contributed by atoms with Gasteiger partial charge in [0.15, 0.2) is 0 Å². The molecule has 0 saturated heterocycles. The van der Waals surface area contributed by atoms with Gasteiger partial charge in [0.2, 0.25) is 0 Å². The van der Waals surface area contributed by atoms with Crippen LogP contribution in [0.2, 0.25) is 0 Å². The summed E-state index contributed by atoms with van der Waals surface area (Å²) in [6.45, 7) is 4.44. The first-order chi connectivity index (χ1) is 8.72. The summed E-state index contributed by atoms with van der Waals surface area (Å²) in [4.78, 5) is 0. The molecule has 1 saturated carbocycles. The van der Waals surface area contributed by atoms with Crippen LogP contribution in [0.1, 0.15) is 57.7 Å². The third-order valence-electron chi connectivity index (χ3n) is 4.39. The lowest BCUT2D eigenvalue weighted by molar-refractivity contribution is 0.292. The van der Waals surface area contributed by atoms with Crippen molar-refractivity contribution in [1.82, 2.24) is 15.1 Å². The van der Waals surface area contributed by atoms with Crippen molar-refractivity contribution in [1.29, 1.82) is 0 Å². The lowest BCUT2D eigenvalue weighted by atomic mass is 9.83. The van der Waals surface area contributed by atoms with Crippen molar-refractivity contribution in [2.45, 2.75) is 64.5 Å². The van der Waals surface area contributed by atoms with Crippen LogP contribution in [0.3, 0.4) is 0 Å². The zero-order chi connectivity index (χ0) is 13.0. The number of nitrogens with one attached hydrogen (secondary N) is 1. The lowest BCUT2D eigenvalue weighted by Gasteiger charge is -2.28. The van der Waals surface area contributed by atoms with Crippen LogP contribution in [0.4, 0.5) is 0 Å². The number of hydrogen-bond donors (Lipinski definition) is 1. The van der Waals surface area contributed by atoms with Crippen LogP contribution in [0.5, 0.6) is 0 Å². The van der Waals surface area contributed by atoms with Crippen LogP contribution >= 0.6 is 0 Å². The summed E-state index contributed by atoms with van der Waals surface area (Å²) in [6, 6.07) is 3.45. The predicted octanol–water partition coefficient (Wildman–Crippen LogP) is 3.17. The smallest absolute Gasteiger partial charge is 0.0627 e. The van der Waals surface area contributed by atoms with E-state index in [0.717, 1.165) is 24.8 Å². The molecule has 2 rings (SSSR count). The Morgan fingerprint density at radius 2 is 2.33 bits per heavy atom. The second-order valence-corrected chi connectivity index (χ2v) is 5.77. The first-order valence-corrected chi connectivity index (χ1v) is 7.44. The normalized spacial score (nSPS) is 26.2. The van der Waals surface area contributed by atoms with Gasteiger partial charge >= 0.3 is 0 Å². The van der Waals surface area contributed by atoms with Crippen LogP contribution < -0.4 is 5.32 Å². The minimum absolute atomic E-state index is 0.523. The molecule has 1 aromatic heterocycles. The first-order valence-electron chi connectivity index (χ1n) is 7.44. The molecular weight excluding hydrogens is 222 g/mol. The maximum absolute atomic E-state index is 4.72. The van der Waals surface area contributed by atoms with Gasteiger partial charge in [-0.3, -0.25) is 4.68 Å². The highest BCUT2D eigenvalue weighted by Gasteiger charge is 2.21. The summed E-state index contributed by atoms with van der Waals surface area (Å²) >= 11 is 0. The molecule has 3 unspecified atom stereocenters. The van der Waals surface area contributed by atoms with Crippen molar-refractivity contribution >= 4 is 0 Å². The Kier molecular flexibility index (Phi) is 4.81. The van der Waals surface area contributed by atoms with Gasteiger partial charge in [0.05, 0.1) is 5.69 Å². The van der Waals surface area contributed by atoms with Crippen LogP contribution in [0.25, 0.3) is 0 Å². The van der Waals surface area contributed by atoms with Gasteiger partial charge in [-0.05, 0) is 58.1 Å². The fourth-order valence-electron chi connectivity index (χ4n) is 2.95. The summed E-state index contributed by atoms with van der Waals surface area (Å²) in [5.41, 5.74) is 1.28. The van der Waals surface area contributed by atoms with E-state index in [9.17, 15) is 0 Å². The number of hydrogen-bond acceptors (Lipinski definition) is 2. The van der Waals surface area contributed by atoms with Crippen LogP contribution in [0.15, 0.2) is 12.3 Å². The molecule has 0 aromatic carbocycles. The van der Waals surface area contributed by atoms with E-state index >= 15 is 0 Å². The van der Waals surface area contributed by atoms with Crippen LogP contribution in [0, 0.1) is 5.92 Å². The van der Waals surface area contributed by atoms with Crippen molar-refractivity contribution in [3.8, 4) is 0 Å². The minimum Gasteiger partial charge on any atom is -0.317 e. The van der Waals surface area contributed by atoms with E-state index in [1.807, 2.05) is 0 Å². The second kappa shape index (κ2) is 6.37. The number of nitrogens with zero attached hydrogens (tertiary/aromatic N) is 2. The molecule has 0 bridgehead atoms. The summed E-state index contributed by atoms with van der Waals surface area (Å²) in [7, 11) is 2.09. The average Bonchev–Trinajstić information content (AvgIpc) is 2.86. The van der Waals surface area contributed by atoms with E-state index in [0.29, 0.717) is 6.04 Å². The molecule has 18 heavy (non-hydrogen) atoms. The van der Waals surface area contributed by atoms with Gasteiger partial charge < -0.3 is 5.32 Å². The zero-order valence-corrected chi connectivity index (χ0v) is 12.0. The lowest BCUT2D eigenvalue weighted by Crippen LogP contribution is -2.32. The SMILES string of the molecule is CCC(C)n1ccc(CC2CCCC(NC)C2)n1. The Bertz CT molecular complexity index is 358. The van der Waals surface area contributed by atoms with Gasteiger partial charge in [-0.2, -0.15) is 5.10 Å². The molecule has 1 heterocycles. The molecular formula is C15H27N3. The van der Waals surface area contributed by atoms with E-state index < -0.39 is 0 Å². The first kappa shape index (κ1) is 13.6. The van der Waals surface area contributed by atoms with Crippen molar-refractivity contribution in [3.05, 3.63) is 18.0 Å². The summed E-state index contributed by atoms with van der Waals surface area (Å²) < 4.78 is 2.12. The molecule has 3 heteroatoms. The van der Waals surface area contributed by atoms with Crippen molar-refractivity contribution in [2.24, 2.45) is 5.92 Å². The average molecular weight is 249 g/mol. The largest absolute Gasteiger partial charge is 0.317 e. The molecule has 1 fully saturated rings. The van der Waals surface area contributed by atoms with E-state index in [4.69, 9.17) is 5.10 Å². The third-order valence-corrected chi connectivity index (χ3v) is 4.39. The van der Waals surface area contributed by atoms with Gasteiger partial charge in [0.1, 0.15) is 0 Å². The summed E-state index contributed by atoms with van der Waals surface area (Å²) in [6.07, 6.45) is 9.83. The Balaban J connectivity index is 1.90. The van der Waals surface area contributed by atoms with Gasteiger partial charge in [0, 0.05) is 18.3 Å². The maximum atomic E-state index is 4.72. The minimum atomic E-state index is 0.523. The summed E-state index contributed by atoms with van der Waals surface area (Å²) in [5, 5.41) is 8.15. The zero-order valence-electron chi connectivity index (χ0n) is 12.0. The van der Waals surface area contributed by atoms with E-state index in [2.05, 4.69) is 43.2 Å². The Labute approximate surface area is 111 Å². The molecule has 0 spiro atoms. The van der Waals surface area contributed by atoms with Crippen LogP contribution in [-0.4, -0.2) is 22.9 Å².